The van der Waals surface area contributed by atoms with Crippen LogP contribution in [0.25, 0.3) is 0 Å². The van der Waals surface area contributed by atoms with Gasteiger partial charge >= 0.3 is 0 Å². The summed E-state index contributed by atoms with van der Waals surface area (Å²) in [4.78, 5) is 1.03. The fourth-order valence-electron chi connectivity index (χ4n) is 1.76. The quantitative estimate of drug-likeness (QED) is 0.714. The van der Waals surface area contributed by atoms with Crippen molar-refractivity contribution in [3.8, 4) is 0 Å². The standard InChI is InChI=1S/C10H12Cl2OS/c1-10(4-2-5-13-10)9(12)8-7(11)3-6-14-8/h3,6,9H,2,4-5H2,1H3. The molecule has 0 bridgehead atoms. The summed E-state index contributed by atoms with van der Waals surface area (Å²) in [5, 5.41) is 2.59. The Balaban J connectivity index is 2.23. The summed E-state index contributed by atoms with van der Waals surface area (Å²) in [6.45, 7) is 2.87. The summed E-state index contributed by atoms with van der Waals surface area (Å²) < 4.78 is 5.70. The van der Waals surface area contributed by atoms with E-state index in [1.165, 1.54) is 0 Å². The van der Waals surface area contributed by atoms with Crippen molar-refractivity contribution in [2.24, 2.45) is 0 Å². The number of thiophene rings is 1. The number of halogens is 2. The lowest BCUT2D eigenvalue weighted by molar-refractivity contribution is 0.0171. The van der Waals surface area contributed by atoms with Gasteiger partial charge in [-0.2, -0.15) is 0 Å². The van der Waals surface area contributed by atoms with Gasteiger partial charge in [-0.05, 0) is 31.2 Å². The highest BCUT2D eigenvalue weighted by atomic mass is 35.5. The van der Waals surface area contributed by atoms with E-state index in [-0.39, 0.29) is 11.0 Å². The fraction of sp³-hybridized carbons (Fsp3) is 0.600. The molecule has 1 nitrogen and oxygen atoms in total. The van der Waals surface area contributed by atoms with Gasteiger partial charge in [-0.25, -0.2) is 0 Å². The SMILES string of the molecule is CC1(C(Cl)c2sccc2Cl)CCCO1. The minimum absolute atomic E-state index is 0.127. The molecule has 0 radical (unpaired) electrons. The maximum atomic E-state index is 6.40. The van der Waals surface area contributed by atoms with Crippen LogP contribution in [-0.4, -0.2) is 12.2 Å². The number of rotatable bonds is 2. The van der Waals surface area contributed by atoms with Gasteiger partial charge < -0.3 is 4.74 Å². The first kappa shape index (κ1) is 10.7. The maximum Gasteiger partial charge on any atom is 0.0979 e. The van der Waals surface area contributed by atoms with E-state index in [9.17, 15) is 0 Å². The first-order valence-corrected chi connectivity index (χ1v) is 6.34. The van der Waals surface area contributed by atoms with E-state index >= 15 is 0 Å². The summed E-state index contributed by atoms with van der Waals surface area (Å²) in [5.41, 5.74) is -0.240. The van der Waals surface area contributed by atoms with Crippen molar-refractivity contribution < 1.29 is 4.74 Å². The molecule has 0 saturated carbocycles. The van der Waals surface area contributed by atoms with Gasteiger partial charge in [0.25, 0.3) is 0 Å². The number of ether oxygens (including phenoxy) is 1. The van der Waals surface area contributed by atoms with E-state index in [2.05, 4.69) is 6.92 Å². The molecule has 2 unspecified atom stereocenters. The van der Waals surface area contributed by atoms with Crippen molar-refractivity contribution in [1.82, 2.24) is 0 Å². The third-order valence-electron chi connectivity index (χ3n) is 2.66. The molecule has 78 valence electrons. The van der Waals surface area contributed by atoms with Crippen molar-refractivity contribution >= 4 is 34.5 Å². The van der Waals surface area contributed by atoms with Crippen LogP contribution in [-0.2, 0) is 4.74 Å². The molecule has 0 N–H and O–H groups in total. The predicted molar refractivity (Wildman–Crippen MR) is 61.5 cm³/mol. The Bertz CT molecular complexity index is 318. The van der Waals surface area contributed by atoms with E-state index in [0.29, 0.717) is 0 Å². The topological polar surface area (TPSA) is 9.23 Å². The molecule has 14 heavy (non-hydrogen) atoms. The molecule has 1 saturated heterocycles. The second-order valence-corrected chi connectivity index (χ2v) is 5.55. The summed E-state index contributed by atoms with van der Waals surface area (Å²) in [5.74, 6) is 0. The predicted octanol–water partition coefficient (Wildman–Crippen LogP) is 4.25. The first-order chi connectivity index (χ1) is 6.63. The molecule has 1 aromatic heterocycles. The van der Waals surface area contributed by atoms with Crippen LogP contribution in [0.5, 0.6) is 0 Å². The van der Waals surface area contributed by atoms with Gasteiger partial charge in [0.2, 0.25) is 0 Å². The normalized spacial score (nSPS) is 29.4. The van der Waals surface area contributed by atoms with Gasteiger partial charge in [-0.3, -0.25) is 0 Å². The van der Waals surface area contributed by atoms with Crippen molar-refractivity contribution in [1.29, 1.82) is 0 Å². The van der Waals surface area contributed by atoms with Crippen LogP contribution in [0.15, 0.2) is 11.4 Å². The second-order valence-electron chi connectivity index (χ2n) is 3.76. The van der Waals surface area contributed by atoms with E-state index in [1.54, 1.807) is 11.3 Å². The molecule has 1 aliphatic rings. The molecule has 1 fully saturated rings. The minimum Gasteiger partial charge on any atom is -0.373 e. The monoisotopic (exact) mass is 250 g/mol. The second kappa shape index (κ2) is 4.01. The van der Waals surface area contributed by atoms with E-state index < -0.39 is 0 Å². The number of hydrogen-bond donors (Lipinski definition) is 0. The molecular weight excluding hydrogens is 239 g/mol. The average Bonchev–Trinajstić information content (AvgIpc) is 2.74. The van der Waals surface area contributed by atoms with E-state index in [1.807, 2.05) is 11.4 Å². The Morgan fingerprint density at radius 3 is 2.93 bits per heavy atom. The highest BCUT2D eigenvalue weighted by molar-refractivity contribution is 7.11. The van der Waals surface area contributed by atoms with Crippen molar-refractivity contribution in [3.05, 3.63) is 21.3 Å². The molecule has 0 spiro atoms. The summed E-state index contributed by atoms with van der Waals surface area (Å²) in [6, 6.07) is 1.88. The van der Waals surface area contributed by atoms with Gasteiger partial charge in [0.1, 0.15) is 0 Å². The zero-order valence-corrected chi connectivity index (χ0v) is 10.3. The van der Waals surface area contributed by atoms with Crippen molar-refractivity contribution in [2.75, 3.05) is 6.61 Å². The zero-order chi connectivity index (χ0) is 10.2. The van der Waals surface area contributed by atoms with E-state index in [4.69, 9.17) is 27.9 Å². The van der Waals surface area contributed by atoms with Crippen LogP contribution in [0.2, 0.25) is 5.02 Å². The lowest BCUT2D eigenvalue weighted by atomic mass is 9.97. The molecule has 2 heterocycles. The molecular formula is C10H12Cl2OS. The summed E-state index contributed by atoms with van der Waals surface area (Å²) in [6.07, 6.45) is 2.10. The average molecular weight is 251 g/mol. The first-order valence-electron chi connectivity index (χ1n) is 4.64. The largest absolute Gasteiger partial charge is 0.373 e. The Morgan fingerprint density at radius 1 is 1.64 bits per heavy atom. The van der Waals surface area contributed by atoms with E-state index in [0.717, 1.165) is 29.3 Å². The zero-order valence-electron chi connectivity index (χ0n) is 7.93. The third kappa shape index (κ3) is 1.81. The van der Waals surface area contributed by atoms with Crippen LogP contribution in [0.4, 0.5) is 0 Å². The van der Waals surface area contributed by atoms with Gasteiger partial charge in [-0.1, -0.05) is 11.6 Å². The smallest absolute Gasteiger partial charge is 0.0979 e. The van der Waals surface area contributed by atoms with Crippen LogP contribution in [0.3, 0.4) is 0 Å². The maximum absolute atomic E-state index is 6.40. The third-order valence-corrected chi connectivity index (χ3v) is 4.89. The lowest BCUT2D eigenvalue weighted by Gasteiger charge is -2.28. The Hall–Kier alpha value is 0.240. The molecule has 0 amide bonds. The van der Waals surface area contributed by atoms with Gasteiger partial charge in [-0.15, -0.1) is 22.9 Å². The van der Waals surface area contributed by atoms with Gasteiger partial charge in [0, 0.05) is 11.5 Å². The fourth-order valence-corrected chi connectivity index (χ4v) is 3.54. The van der Waals surface area contributed by atoms with Crippen LogP contribution >= 0.6 is 34.5 Å². The Labute approximate surface area is 98.0 Å². The molecule has 0 aromatic carbocycles. The highest BCUT2D eigenvalue weighted by Crippen LogP contribution is 2.45. The number of alkyl halides is 1. The minimum atomic E-state index is -0.240. The molecule has 4 heteroatoms. The summed E-state index contributed by atoms with van der Waals surface area (Å²) in [7, 11) is 0. The lowest BCUT2D eigenvalue weighted by Crippen LogP contribution is -2.28. The van der Waals surface area contributed by atoms with Crippen LogP contribution in [0.1, 0.15) is 30.0 Å². The Morgan fingerprint density at radius 2 is 2.43 bits per heavy atom. The van der Waals surface area contributed by atoms with Crippen LogP contribution < -0.4 is 0 Å². The van der Waals surface area contributed by atoms with Crippen molar-refractivity contribution in [2.45, 2.75) is 30.7 Å². The van der Waals surface area contributed by atoms with Gasteiger partial charge in [0.15, 0.2) is 0 Å². The molecule has 2 rings (SSSR count). The molecule has 1 aromatic rings. The Kier molecular flexibility index (Phi) is 3.08. The van der Waals surface area contributed by atoms with Crippen LogP contribution in [0, 0.1) is 0 Å². The highest BCUT2D eigenvalue weighted by Gasteiger charge is 2.39. The molecule has 2 atom stereocenters. The molecule has 1 aliphatic heterocycles. The van der Waals surface area contributed by atoms with Gasteiger partial charge in [0.05, 0.1) is 16.0 Å². The molecule has 0 aliphatic carbocycles. The summed E-state index contributed by atoms with van der Waals surface area (Å²) >= 11 is 14.0. The number of hydrogen-bond acceptors (Lipinski definition) is 2. The van der Waals surface area contributed by atoms with Crippen molar-refractivity contribution in [3.63, 3.8) is 0 Å².